The van der Waals surface area contributed by atoms with Gasteiger partial charge < -0.3 is 15.4 Å². The van der Waals surface area contributed by atoms with Gasteiger partial charge in [0.15, 0.2) is 0 Å². The molecule has 1 heterocycles. The van der Waals surface area contributed by atoms with Gasteiger partial charge >= 0.3 is 0 Å². The first-order chi connectivity index (χ1) is 10.1. The molecule has 1 saturated heterocycles. The van der Waals surface area contributed by atoms with Crippen LogP contribution in [0.1, 0.15) is 38.7 Å². The second kappa shape index (κ2) is 6.94. The van der Waals surface area contributed by atoms with E-state index >= 15 is 0 Å². The molecule has 2 N–H and O–H groups in total. The van der Waals surface area contributed by atoms with Crippen LogP contribution in [0.2, 0.25) is 0 Å². The molecule has 1 aromatic carbocycles. The van der Waals surface area contributed by atoms with Gasteiger partial charge in [-0.1, -0.05) is 24.6 Å². The van der Waals surface area contributed by atoms with Crippen molar-refractivity contribution < 1.29 is 9.53 Å². The maximum absolute atomic E-state index is 12.4. The molecular formula is C17H26N2O2. The minimum atomic E-state index is -0.377. The molecular weight excluding hydrogens is 264 g/mol. The monoisotopic (exact) mass is 290 g/mol. The summed E-state index contributed by atoms with van der Waals surface area (Å²) in [6.45, 7) is 7.49. The van der Waals surface area contributed by atoms with Crippen LogP contribution in [0, 0.1) is 6.92 Å². The van der Waals surface area contributed by atoms with Crippen LogP contribution in [-0.4, -0.2) is 30.6 Å². The fourth-order valence-corrected chi connectivity index (χ4v) is 2.72. The summed E-state index contributed by atoms with van der Waals surface area (Å²) in [6, 6.07) is 7.94. The highest BCUT2D eigenvalue weighted by Gasteiger charge is 2.39. The minimum Gasteiger partial charge on any atom is -0.491 e. The lowest BCUT2D eigenvalue weighted by molar-refractivity contribution is -0.128. The fraction of sp³-hybridized carbons (Fsp3) is 0.588. The third-order valence-corrected chi connectivity index (χ3v) is 4.18. The van der Waals surface area contributed by atoms with Gasteiger partial charge in [-0.15, -0.1) is 0 Å². The summed E-state index contributed by atoms with van der Waals surface area (Å²) in [4.78, 5) is 12.4. The maximum Gasteiger partial charge on any atom is 0.240 e. The zero-order valence-electron chi connectivity index (χ0n) is 13.2. The summed E-state index contributed by atoms with van der Waals surface area (Å²) in [7, 11) is 0. The van der Waals surface area contributed by atoms with Crippen LogP contribution in [0.25, 0.3) is 0 Å². The van der Waals surface area contributed by atoms with Crippen LogP contribution in [0.4, 0.5) is 0 Å². The van der Waals surface area contributed by atoms with E-state index in [1.807, 2.05) is 38.1 Å². The molecule has 0 bridgehead atoms. The molecule has 0 saturated carbocycles. The van der Waals surface area contributed by atoms with Crippen LogP contribution < -0.4 is 15.4 Å². The molecule has 2 atom stereocenters. The van der Waals surface area contributed by atoms with Crippen molar-refractivity contribution in [2.75, 3.05) is 13.2 Å². The zero-order valence-corrected chi connectivity index (χ0v) is 13.2. The first-order valence-electron chi connectivity index (χ1n) is 7.81. The van der Waals surface area contributed by atoms with Gasteiger partial charge in [-0.3, -0.25) is 4.79 Å². The molecule has 1 amide bonds. The van der Waals surface area contributed by atoms with E-state index in [9.17, 15) is 4.79 Å². The molecule has 1 aliphatic rings. The van der Waals surface area contributed by atoms with Crippen LogP contribution in [0.3, 0.4) is 0 Å². The van der Waals surface area contributed by atoms with Crippen molar-refractivity contribution in [1.29, 1.82) is 0 Å². The van der Waals surface area contributed by atoms with Gasteiger partial charge in [-0.25, -0.2) is 0 Å². The summed E-state index contributed by atoms with van der Waals surface area (Å²) >= 11 is 0. The van der Waals surface area contributed by atoms with Crippen molar-refractivity contribution in [1.82, 2.24) is 10.6 Å². The van der Waals surface area contributed by atoms with Crippen molar-refractivity contribution in [3.8, 4) is 5.75 Å². The Hall–Kier alpha value is -1.55. The highest BCUT2D eigenvalue weighted by Crippen LogP contribution is 2.23. The van der Waals surface area contributed by atoms with E-state index in [0.29, 0.717) is 6.61 Å². The third-order valence-electron chi connectivity index (χ3n) is 4.18. The van der Waals surface area contributed by atoms with E-state index in [-0.39, 0.29) is 17.5 Å². The Morgan fingerprint density at radius 2 is 2.14 bits per heavy atom. The fourth-order valence-electron chi connectivity index (χ4n) is 2.72. The number of hydrogen-bond acceptors (Lipinski definition) is 3. The maximum atomic E-state index is 12.4. The first-order valence-corrected chi connectivity index (χ1v) is 7.81. The van der Waals surface area contributed by atoms with Gasteiger partial charge in [0.25, 0.3) is 0 Å². The molecule has 4 nitrogen and oxygen atoms in total. The standard InChI is InChI=1S/C17H26N2O2/c1-4-17(10-5-11-18-17)16(20)19-14(3)12-21-15-8-6-13(2)7-9-15/h6-9,14,18H,4-5,10-12H2,1-3H3,(H,19,20). The lowest BCUT2D eigenvalue weighted by Crippen LogP contribution is -2.55. The van der Waals surface area contributed by atoms with E-state index in [0.717, 1.165) is 31.6 Å². The Morgan fingerprint density at radius 3 is 2.71 bits per heavy atom. The van der Waals surface area contributed by atoms with Crippen molar-refractivity contribution >= 4 is 5.91 Å². The van der Waals surface area contributed by atoms with Gasteiger partial charge in [0.1, 0.15) is 12.4 Å². The summed E-state index contributed by atoms with van der Waals surface area (Å²) in [5, 5.41) is 6.42. The predicted octanol–water partition coefficient (Wildman–Crippen LogP) is 2.41. The summed E-state index contributed by atoms with van der Waals surface area (Å²) < 4.78 is 5.72. The molecule has 4 heteroatoms. The normalized spacial score (nSPS) is 22.8. The van der Waals surface area contributed by atoms with E-state index in [1.54, 1.807) is 0 Å². The molecule has 2 rings (SSSR count). The Labute approximate surface area is 127 Å². The zero-order chi connectivity index (χ0) is 15.3. The summed E-state index contributed by atoms with van der Waals surface area (Å²) in [5.74, 6) is 0.938. The smallest absolute Gasteiger partial charge is 0.240 e. The topological polar surface area (TPSA) is 50.4 Å². The Kier molecular flexibility index (Phi) is 5.23. The van der Waals surface area contributed by atoms with Gasteiger partial charge in [0.2, 0.25) is 5.91 Å². The van der Waals surface area contributed by atoms with Crippen LogP contribution in [0.5, 0.6) is 5.75 Å². The molecule has 116 valence electrons. The third kappa shape index (κ3) is 3.97. The molecule has 0 radical (unpaired) electrons. The van der Waals surface area contributed by atoms with Crippen LogP contribution in [-0.2, 0) is 4.79 Å². The highest BCUT2D eigenvalue weighted by molar-refractivity contribution is 5.86. The molecule has 1 aliphatic heterocycles. The molecule has 1 fully saturated rings. The number of rotatable bonds is 6. The average Bonchev–Trinajstić information content (AvgIpc) is 2.97. The number of carbonyl (C=O) groups excluding carboxylic acids is 1. The largest absolute Gasteiger partial charge is 0.491 e. The van der Waals surface area contributed by atoms with Gasteiger partial charge in [0, 0.05) is 0 Å². The van der Waals surface area contributed by atoms with Crippen molar-refractivity contribution in [2.45, 2.75) is 51.6 Å². The number of benzene rings is 1. The molecule has 0 aliphatic carbocycles. The molecule has 1 aromatic rings. The van der Waals surface area contributed by atoms with Gasteiger partial charge in [-0.2, -0.15) is 0 Å². The van der Waals surface area contributed by atoms with Crippen LogP contribution in [0.15, 0.2) is 24.3 Å². The lowest BCUT2D eigenvalue weighted by Gasteiger charge is -2.28. The Bertz CT molecular complexity index is 464. The van der Waals surface area contributed by atoms with Crippen LogP contribution >= 0.6 is 0 Å². The SMILES string of the molecule is CCC1(C(=O)NC(C)COc2ccc(C)cc2)CCCN1. The number of nitrogens with one attached hydrogen (secondary N) is 2. The lowest BCUT2D eigenvalue weighted by atomic mass is 9.93. The number of hydrogen-bond donors (Lipinski definition) is 2. The summed E-state index contributed by atoms with van der Waals surface area (Å²) in [5.41, 5.74) is 0.832. The molecule has 0 spiro atoms. The number of carbonyl (C=O) groups is 1. The Morgan fingerprint density at radius 1 is 1.43 bits per heavy atom. The van der Waals surface area contributed by atoms with Gasteiger partial charge in [-0.05, 0) is 51.8 Å². The van der Waals surface area contributed by atoms with Gasteiger partial charge in [0.05, 0.1) is 11.6 Å². The number of aryl methyl sites for hydroxylation is 1. The second-order valence-electron chi connectivity index (χ2n) is 5.96. The van der Waals surface area contributed by atoms with E-state index < -0.39 is 0 Å². The van der Waals surface area contributed by atoms with Crippen molar-refractivity contribution in [3.05, 3.63) is 29.8 Å². The number of amides is 1. The molecule has 21 heavy (non-hydrogen) atoms. The van der Waals surface area contributed by atoms with Crippen molar-refractivity contribution in [2.24, 2.45) is 0 Å². The second-order valence-corrected chi connectivity index (χ2v) is 5.96. The molecule has 0 aromatic heterocycles. The quantitative estimate of drug-likeness (QED) is 0.846. The minimum absolute atomic E-state index is 0.00960. The number of ether oxygens (including phenoxy) is 1. The molecule has 2 unspecified atom stereocenters. The van der Waals surface area contributed by atoms with E-state index in [1.165, 1.54) is 5.56 Å². The average molecular weight is 290 g/mol. The predicted molar refractivity (Wildman–Crippen MR) is 84.5 cm³/mol. The summed E-state index contributed by atoms with van der Waals surface area (Å²) in [6.07, 6.45) is 2.81. The first kappa shape index (κ1) is 15.8. The van der Waals surface area contributed by atoms with Crippen molar-refractivity contribution in [3.63, 3.8) is 0 Å². The Balaban J connectivity index is 1.82. The van der Waals surface area contributed by atoms with E-state index in [4.69, 9.17) is 4.74 Å². The highest BCUT2D eigenvalue weighted by atomic mass is 16.5. The van der Waals surface area contributed by atoms with E-state index in [2.05, 4.69) is 17.6 Å².